The summed E-state index contributed by atoms with van der Waals surface area (Å²) in [6.45, 7) is 5.34. The van der Waals surface area contributed by atoms with Crippen molar-refractivity contribution in [2.45, 2.75) is 32.2 Å². The zero-order valence-electron chi connectivity index (χ0n) is 11.0. The van der Waals surface area contributed by atoms with Crippen LogP contribution in [0.2, 0.25) is 0 Å². The molecule has 0 spiro atoms. The second kappa shape index (κ2) is 4.88. The van der Waals surface area contributed by atoms with E-state index in [1.54, 1.807) is 12.1 Å². The van der Waals surface area contributed by atoms with Crippen molar-refractivity contribution in [2.75, 3.05) is 24.5 Å². The van der Waals surface area contributed by atoms with E-state index in [2.05, 4.69) is 10.2 Å². The van der Waals surface area contributed by atoms with Crippen LogP contribution in [0.25, 0.3) is 0 Å². The molecule has 98 valence electrons. The lowest BCUT2D eigenvalue weighted by molar-refractivity contribution is 0.515. The van der Waals surface area contributed by atoms with Gasteiger partial charge in [-0.05, 0) is 62.4 Å². The first-order chi connectivity index (χ1) is 8.72. The smallest absolute Gasteiger partial charge is 0.123 e. The van der Waals surface area contributed by atoms with E-state index in [9.17, 15) is 4.39 Å². The van der Waals surface area contributed by atoms with Crippen LogP contribution in [0.15, 0.2) is 18.2 Å². The van der Waals surface area contributed by atoms with Crippen LogP contribution in [0.3, 0.4) is 0 Å². The van der Waals surface area contributed by atoms with Crippen molar-refractivity contribution in [1.82, 2.24) is 5.32 Å². The van der Waals surface area contributed by atoms with Gasteiger partial charge in [0.25, 0.3) is 0 Å². The average Bonchev–Trinajstić information content (AvgIpc) is 3.05. The Bertz CT molecular complexity index is 429. The lowest BCUT2D eigenvalue weighted by atomic mass is 10.1. The maximum absolute atomic E-state index is 13.1. The minimum absolute atomic E-state index is 0.137. The van der Waals surface area contributed by atoms with Gasteiger partial charge in [0, 0.05) is 24.8 Å². The molecular formula is C15H21FN2. The quantitative estimate of drug-likeness (QED) is 0.881. The second-order valence-corrected chi connectivity index (χ2v) is 5.71. The Morgan fingerprint density at radius 1 is 1.33 bits per heavy atom. The molecule has 0 radical (unpaired) electrons. The molecule has 1 unspecified atom stereocenters. The summed E-state index contributed by atoms with van der Waals surface area (Å²) in [5.41, 5.74) is 2.25. The first-order valence-electron chi connectivity index (χ1n) is 6.97. The molecule has 1 atom stereocenters. The van der Waals surface area contributed by atoms with E-state index in [0.717, 1.165) is 37.2 Å². The number of hydrogen-bond donors (Lipinski definition) is 1. The molecular weight excluding hydrogens is 227 g/mol. The fourth-order valence-electron chi connectivity index (χ4n) is 2.81. The van der Waals surface area contributed by atoms with Gasteiger partial charge in [-0.1, -0.05) is 0 Å². The number of hydrogen-bond acceptors (Lipinski definition) is 2. The summed E-state index contributed by atoms with van der Waals surface area (Å²) in [5.74, 6) is 0.609. The summed E-state index contributed by atoms with van der Waals surface area (Å²) < 4.78 is 13.1. The van der Waals surface area contributed by atoms with Gasteiger partial charge < -0.3 is 10.2 Å². The molecule has 0 amide bonds. The first kappa shape index (κ1) is 12.0. The molecule has 1 aromatic carbocycles. The molecule has 0 bridgehead atoms. The Hall–Kier alpha value is -1.09. The van der Waals surface area contributed by atoms with Gasteiger partial charge in [-0.25, -0.2) is 4.39 Å². The highest BCUT2D eigenvalue weighted by Gasteiger charge is 2.26. The molecule has 2 nitrogen and oxygen atoms in total. The van der Waals surface area contributed by atoms with E-state index in [1.807, 2.05) is 13.0 Å². The second-order valence-electron chi connectivity index (χ2n) is 5.71. The third kappa shape index (κ3) is 2.66. The Labute approximate surface area is 108 Å². The molecule has 3 rings (SSSR count). The van der Waals surface area contributed by atoms with Crippen molar-refractivity contribution in [3.63, 3.8) is 0 Å². The van der Waals surface area contributed by atoms with Gasteiger partial charge in [0.1, 0.15) is 5.82 Å². The van der Waals surface area contributed by atoms with Crippen LogP contribution in [0, 0.1) is 18.7 Å². The fraction of sp³-hybridized carbons (Fsp3) is 0.600. The Morgan fingerprint density at radius 2 is 2.17 bits per heavy atom. The lowest BCUT2D eigenvalue weighted by Crippen LogP contribution is -2.27. The largest absolute Gasteiger partial charge is 0.371 e. The number of anilines is 1. The number of aryl methyl sites for hydroxylation is 1. The summed E-state index contributed by atoms with van der Waals surface area (Å²) in [6.07, 6.45) is 3.96. The number of halogens is 1. The average molecular weight is 248 g/mol. The van der Waals surface area contributed by atoms with Gasteiger partial charge in [0.15, 0.2) is 0 Å². The van der Waals surface area contributed by atoms with Gasteiger partial charge in [0.2, 0.25) is 0 Å². The van der Waals surface area contributed by atoms with Crippen LogP contribution >= 0.6 is 0 Å². The van der Waals surface area contributed by atoms with Gasteiger partial charge in [0.05, 0.1) is 0 Å². The SMILES string of the molecule is Cc1cc(F)ccc1N1CCC(CNC2CC2)C1. The summed E-state index contributed by atoms with van der Waals surface area (Å²) in [5, 5.41) is 3.61. The normalized spacial score (nSPS) is 23.7. The van der Waals surface area contributed by atoms with E-state index in [4.69, 9.17) is 0 Å². The molecule has 1 heterocycles. The summed E-state index contributed by atoms with van der Waals surface area (Å²) in [6, 6.07) is 5.91. The predicted molar refractivity (Wildman–Crippen MR) is 72.5 cm³/mol. The van der Waals surface area contributed by atoms with Crippen LogP contribution in [-0.4, -0.2) is 25.7 Å². The summed E-state index contributed by atoms with van der Waals surface area (Å²) >= 11 is 0. The van der Waals surface area contributed by atoms with Crippen LogP contribution in [0.4, 0.5) is 10.1 Å². The first-order valence-corrected chi connectivity index (χ1v) is 6.97. The van der Waals surface area contributed by atoms with Crippen LogP contribution in [0.1, 0.15) is 24.8 Å². The maximum atomic E-state index is 13.1. The third-order valence-electron chi connectivity index (χ3n) is 4.06. The highest BCUT2D eigenvalue weighted by atomic mass is 19.1. The molecule has 1 N–H and O–H groups in total. The molecule has 1 saturated carbocycles. The minimum atomic E-state index is -0.137. The van der Waals surface area contributed by atoms with Crippen molar-refractivity contribution in [1.29, 1.82) is 0 Å². The highest BCUT2D eigenvalue weighted by Crippen LogP contribution is 2.27. The zero-order valence-corrected chi connectivity index (χ0v) is 11.0. The van der Waals surface area contributed by atoms with Gasteiger partial charge in [-0.2, -0.15) is 0 Å². The van der Waals surface area contributed by atoms with Gasteiger partial charge >= 0.3 is 0 Å². The molecule has 1 aliphatic carbocycles. The predicted octanol–water partition coefficient (Wildman–Crippen LogP) is 2.71. The van der Waals surface area contributed by atoms with Crippen molar-refractivity contribution >= 4 is 5.69 Å². The van der Waals surface area contributed by atoms with Crippen molar-refractivity contribution in [3.05, 3.63) is 29.6 Å². The number of nitrogens with zero attached hydrogens (tertiary/aromatic N) is 1. The number of rotatable bonds is 4. The van der Waals surface area contributed by atoms with Crippen molar-refractivity contribution in [2.24, 2.45) is 5.92 Å². The van der Waals surface area contributed by atoms with Gasteiger partial charge in [-0.3, -0.25) is 0 Å². The Morgan fingerprint density at radius 3 is 2.89 bits per heavy atom. The molecule has 1 aliphatic heterocycles. The fourth-order valence-corrected chi connectivity index (χ4v) is 2.81. The standard InChI is InChI=1S/C15H21FN2/c1-11-8-13(16)2-5-15(11)18-7-6-12(10-18)9-17-14-3-4-14/h2,5,8,12,14,17H,3-4,6-7,9-10H2,1H3. The molecule has 2 fully saturated rings. The maximum Gasteiger partial charge on any atom is 0.123 e. The van der Waals surface area contributed by atoms with Crippen LogP contribution in [-0.2, 0) is 0 Å². The number of nitrogens with one attached hydrogen (secondary N) is 1. The summed E-state index contributed by atoms with van der Waals surface area (Å²) in [4.78, 5) is 2.40. The van der Waals surface area contributed by atoms with Crippen LogP contribution < -0.4 is 10.2 Å². The summed E-state index contributed by atoms with van der Waals surface area (Å²) in [7, 11) is 0. The molecule has 1 saturated heterocycles. The molecule has 2 aliphatic rings. The Balaban J connectivity index is 1.59. The Kier molecular flexibility index (Phi) is 3.25. The van der Waals surface area contributed by atoms with E-state index in [-0.39, 0.29) is 5.82 Å². The van der Waals surface area contributed by atoms with E-state index < -0.39 is 0 Å². The topological polar surface area (TPSA) is 15.3 Å². The van der Waals surface area contributed by atoms with Crippen molar-refractivity contribution in [3.8, 4) is 0 Å². The zero-order chi connectivity index (χ0) is 12.5. The van der Waals surface area contributed by atoms with E-state index in [1.165, 1.54) is 24.9 Å². The molecule has 18 heavy (non-hydrogen) atoms. The molecule has 1 aromatic rings. The monoisotopic (exact) mass is 248 g/mol. The van der Waals surface area contributed by atoms with E-state index in [0.29, 0.717) is 0 Å². The van der Waals surface area contributed by atoms with Crippen LogP contribution in [0.5, 0.6) is 0 Å². The molecule has 0 aromatic heterocycles. The van der Waals surface area contributed by atoms with Gasteiger partial charge in [-0.15, -0.1) is 0 Å². The molecule has 3 heteroatoms. The third-order valence-corrected chi connectivity index (χ3v) is 4.06. The minimum Gasteiger partial charge on any atom is -0.371 e. The van der Waals surface area contributed by atoms with E-state index >= 15 is 0 Å². The number of benzene rings is 1. The lowest BCUT2D eigenvalue weighted by Gasteiger charge is -2.21. The van der Waals surface area contributed by atoms with Crippen molar-refractivity contribution < 1.29 is 4.39 Å². The highest BCUT2D eigenvalue weighted by molar-refractivity contribution is 5.53.